The topological polar surface area (TPSA) is 92.3 Å². The van der Waals surface area contributed by atoms with Crippen LogP contribution < -0.4 is 10.0 Å². The van der Waals surface area contributed by atoms with Crippen molar-refractivity contribution in [2.75, 3.05) is 37.4 Å². The molecule has 0 rings (SSSR count). The van der Waals surface area contributed by atoms with Gasteiger partial charge in [-0.25, -0.2) is 21.6 Å². The molecule has 6 nitrogen and oxygen atoms in total. The van der Waals surface area contributed by atoms with Gasteiger partial charge in [-0.05, 0) is 13.0 Å². The van der Waals surface area contributed by atoms with Gasteiger partial charge in [-0.15, -0.1) is 0 Å². The quantitative estimate of drug-likeness (QED) is 0.523. The monoisotopic (exact) mass is 272 g/mol. The Bertz CT molecular complexity index is 375. The second-order valence-corrected chi connectivity index (χ2v) is 7.81. The minimum Gasteiger partial charge on any atom is -0.315 e. The lowest BCUT2D eigenvalue weighted by atomic mass is 10.5. The highest BCUT2D eigenvalue weighted by atomic mass is 32.2. The van der Waals surface area contributed by atoms with Gasteiger partial charge in [0.05, 0.1) is 12.0 Å². The van der Waals surface area contributed by atoms with Crippen LogP contribution in [0.1, 0.15) is 13.3 Å². The van der Waals surface area contributed by atoms with Gasteiger partial charge in [0.2, 0.25) is 10.0 Å². The maximum Gasteiger partial charge on any atom is 0.208 e. The minimum absolute atomic E-state index is 0.169. The molecule has 8 heteroatoms. The Hall–Kier alpha value is -0.180. The summed E-state index contributed by atoms with van der Waals surface area (Å²) in [6, 6.07) is 0. The lowest BCUT2D eigenvalue weighted by molar-refractivity contribution is 0.579. The molecule has 0 aliphatic rings. The van der Waals surface area contributed by atoms with Crippen LogP contribution in [-0.2, 0) is 19.9 Å². The van der Waals surface area contributed by atoms with Gasteiger partial charge < -0.3 is 5.32 Å². The summed E-state index contributed by atoms with van der Waals surface area (Å²) in [5.74, 6) is 0.346. The molecule has 0 bridgehead atoms. The van der Waals surface area contributed by atoms with Gasteiger partial charge in [-0.3, -0.25) is 0 Å². The van der Waals surface area contributed by atoms with E-state index < -0.39 is 19.9 Å². The third kappa shape index (κ3) is 10.3. The van der Waals surface area contributed by atoms with Gasteiger partial charge in [0.1, 0.15) is 9.84 Å². The Morgan fingerprint density at radius 1 is 1.00 bits per heavy atom. The Morgan fingerprint density at radius 3 is 2.12 bits per heavy atom. The first-order chi connectivity index (χ1) is 7.27. The van der Waals surface area contributed by atoms with Crippen LogP contribution in [0, 0.1) is 0 Å². The van der Waals surface area contributed by atoms with Crippen molar-refractivity contribution < 1.29 is 16.8 Å². The van der Waals surface area contributed by atoms with Crippen molar-refractivity contribution >= 4 is 19.9 Å². The van der Waals surface area contributed by atoms with Gasteiger partial charge in [0.25, 0.3) is 0 Å². The summed E-state index contributed by atoms with van der Waals surface area (Å²) in [6.07, 6.45) is 1.65. The van der Waals surface area contributed by atoms with E-state index in [1.165, 1.54) is 0 Å². The maximum atomic E-state index is 11.1. The van der Waals surface area contributed by atoms with Crippen molar-refractivity contribution in [3.63, 3.8) is 0 Å². The summed E-state index contributed by atoms with van der Waals surface area (Å²) >= 11 is 0. The third-order valence-electron chi connectivity index (χ3n) is 1.91. The standard InChI is InChI=1S/C8H20N2O4S2/c1-3-16(13,14)8-4-5-9-6-7-10-15(2,11)12/h9-10H,3-8H2,1-2H3. The molecule has 0 aromatic heterocycles. The molecule has 0 heterocycles. The molecule has 0 unspecified atom stereocenters. The first-order valence-electron chi connectivity index (χ1n) is 5.12. The first-order valence-corrected chi connectivity index (χ1v) is 8.84. The Labute approximate surface area is 97.8 Å². The molecule has 0 radical (unpaired) electrons. The summed E-state index contributed by atoms with van der Waals surface area (Å²) in [5, 5.41) is 2.96. The molecule has 0 spiro atoms. The van der Waals surface area contributed by atoms with Crippen molar-refractivity contribution in [1.82, 2.24) is 10.0 Å². The largest absolute Gasteiger partial charge is 0.315 e. The van der Waals surface area contributed by atoms with Crippen molar-refractivity contribution in [2.24, 2.45) is 0 Å². The molecule has 0 atom stereocenters. The molecule has 0 aliphatic heterocycles. The lowest BCUT2D eigenvalue weighted by Gasteiger charge is -2.05. The lowest BCUT2D eigenvalue weighted by Crippen LogP contribution is -2.31. The Morgan fingerprint density at radius 2 is 1.62 bits per heavy atom. The minimum atomic E-state index is -3.13. The molecule has 0 amide bonds. The third-order valence-corrected chi connectivity index (χ3v) is 4.43. The number of nitrogens with one attached hydrogen (secondary N) is 2. The van der Waals surface area contributed by atoms with E-state index in [9.17, 15) is 16.8 Å². The number of rotatable bonds is 9. The van der Waals surface area contributed by atoms with E-state index >= 15 is 0 Å². The predicted octanol–water partition coefficient (Wildman–Crippen LogP) is -1.05. The highest BCUT2D eigenvalue weighted by Crippen LogP contribution is 1.91. The molecule has 2 N–H and O–H groups in total. The summed E-state index contributed by atoms with van der Waals surface area (Å²) in [5.41, 5.74) is 0. The highest BCUT2D eigenvalue weighted by molar-refractivity contribution is 7.91. The fraction of sp³-hybridized carbons (Fsp3) is 1.00. The molecule has 0 fully saturated rings. The van der Waals surface area contributed by atoms with Gasteiger partial charge in [-0.2, -0.15) is 0 Å². The van der Waals surface area contributed by atoms with Crippen LogP contribution in [0.4, 0.5) is 0 Å². The van der Waals surface area contributed by atoms with Gasteiger partial charge in [-0.1, -0.05) is 6.92 Å². The average Bonchev–Trinajstić information content (AvgIpc) is 2.14. The molecule has 0 saturated carbocycles. The summed E-state index contributed by atoms with van der Waals surface area (Å²) in [4.78, 5) is 0. The highest BCUT2D eigenvalue weighted by Gasteiger charge is 2.05. The zero-order chi connectivity index (χ0) is 12.7. The van der Waals surface area contributed by atoms with E-state index in [0.717, 1.165) is 6.26 Å². The molecular weight excluding hydrogens is 252 g/mol. The van der Waals surface area contributed by atoms with Gasteiger partial charge in [0, 0.05) is 18.8 Å². The van der Waals surface area contributed by atoms with Crippen LogP contribution in [0.2, 0.25) is 0 Å². The van der Waals surface area contributed by atoms with Crippen molar-refractivity contribution in [3.8, 4) is 0 Å². The summed E-state index contributed by atoms with van der Waals surface area (Å²) in [7, 11) is -6.02. The fourth-order valence-electron chi connectivity index (χ4n) is 1.01. The first kappa shape index (κ1) is 15.8. The molecule has 0 aromatic carbocycles. The van der Waals surface area contributed by atoms with Crippen molar-refractivity contribution in [1.29, 1.82) is 0 Å². The fourth-order valence-corrected chi connectivity index (χ4v) is 2.36. The average molecular weight is 272 g/mol. The normalized spacial score (nSPS) is 12.9. The zero-order valence-electron chi connectivity index (χ0n) is 9.69. The van der Waals surface area contributed by atoms with E-state index in [4.69, 9.17) is 0 Å². The molecule has 0 saturated heterocycles. The summed E-state index contributed by atoms with van der Waals surface area (Å²) in [6.45, 7) is 3.02. The van der Waals surface area contributed by atoms with Crippen LogP contribution in [0.25, 0.3) is 0 Å². The number of hydrogen-bond donors (Lipinski definition) is 2. The van der Waals surface area contributed by atoms with E-state index in [1.807, 2.05) is 0 Å². The summed E-state index contributed by atoms with van der Waals surface area (Å²) < 4.78 is 45.9. The Kier molecular flexibility index (Phi) is 7.12. The predicted molar refractivity (Wildman–Crippen MR) is 64.7 cm³/mol. The van der Waals surface area contributed by atoms with Crippen LogP contribution in [0.15, 0.2) is 0 Å². The smallest absolute Gasteiger partial charge is 0.208 e. The van der Waals surface area contributed by atoms with Crippen LogP contribution in [0.3, 0.4) is 0 Å². The number of hydrogen-bond acceptors (Lipinski definition) is 5. The number of sulfonamides is 1. The van der Waals surface area contributed by atoms with E-state index in [-0.39, 0.29) is 11.5 Å². The van der Waals surface area contributed by atoms with Gasteiger partial charge in [0.15, 0.2) is 0 Å². The molecule has 0 aromatic rings. The number of sulfone groups is 1. The van der Waals surface area contributed by atoms with Crippen LogP contribution >= 0.6 is 0 Å². The zero-order valence-corrected chi connectivity index (χ0v) is 11.3. The van der Waals surface area contributed by atoms with E-state index in [0.29, 0.717) is 26.1 Å². The van der Waals surface area contributed by atoms with Crippen molar-refractivity contribution in [3.05, 3.63) is 0 Å². The SMILES string of the molecule is CCS(=O)(=O)CCCNCCNS(C)(=O)=O. The Balaban J connectivity index is 3.42. The molecule has 16 heavy (non-hydrogen) atoms. The maximum absolute atomic E-state index is 11.1. The van der Waals surface area contributed by atoms with E-state index in [1.54, 1.807) is 6.92 Å². The molecule has 98 valence electrons. The van der Waals surface area contributed by atoms with Crippen LogP contribution in [-0.4, -0.2) is 54.2 Å². The molecular formula is C8H20N2O4S2. The second kappa shape index (κ2) is 7.21. The molecule has 0 aliphatic carbocycles. The van der Waals surface area contributed by atoms with E-state index in [2.05, 4.69) is 10.0 Å². The van der Waals surface area contributed by atoms with Crippen LogP contribution in [0.5, 0.6) is 0 Å². The second-order valence-electron chi connectivity index (χ2n) is 3.51. The van der Waals surface area contributed by atoms with Gasteiger partial charge >= 0.3 is 0 Å². The van der Waals surface area contributed by atoms with Crippen molar-refractivity contribution in [2.45, 2.75) is 13.3 Å².